The first-order valence-electron chi connectivity index (χ1n) is 9.28. The lowest BCUT2D eigenvalue weighted by Gasteiger charge is -2.19. The Morgan fingerprint density at radius 1 is 1.15 bits per heavy atom. The van der Waals surface area contributed by atoms with E-state index in [-0.39, 0.29) is 17.6 Å². The molecule has 0 aliphatic heterocycles. The molecule has 0 fully saturated rings. The second kappa shape index (κ2) is 6.29. The number of aryl methyl sites for hydroxylation is 1. The predicted octanol–water partition coefficient (Wildman–Crippen LogP) is 2.68. The first-order valence-corrected chi connectivity index (χ1v) is 9.28. The van der Waals surface area contributed by atoms with Gasteiger partial charge in [0.2, 0.25) is 5.91 Å². The standard InChI is InChI=1S/C19H19FN6O/c20-11-7-9-12(10-8-11)26-16-6-2-3-13(16)18(24-26)21-19(27)14-4-1-5-15-17(14)23-25-22-15/h7-10,14H,1-6H2,(H,21,24,27)(H,22,23,25). The molecule has 7 nitrogen and oxygen atoms in total. The molecule has 8 heteroatoms. The SMILES string of the molecule is O=C(Nc1nn(-c2ccc(F)cc2)c2c1CCC2)C1CCCc2n[nH]nc21. The fraction of sp³-hybridized carbons (Fsp3) is 0.368. The molecule has 27 heavy (non-hydrogen) atoms. The summed E-state index contributed by atoms with van der Waals surface area (Å²) >= 11 is 0. The first kappa shape index (κ1) is 16.2. The third kappa shape index (κ3) is 2.72. The molecular formula is C19H19FN6O. The molecule has 2 N–H and O–H groups in total. The van der Waals surface area contributed by atoms with E-state index in [9.17, 15) is 9.18 Å². The molecule has 0 saturated carbocycles. The second-order valence-electron chi connectivity index (χ2n) is 7.11. The van der Waals surface area contributed by atoms with Crippen molar-refractivity contribution in [3.05, 3.63) is 52.7 Å². The van der Waals surface area contributed by atoms with Crippen LogP contribution in [0.1, 0.15) is 47.8 Å². The van der Waals surface area contributed by atoms with Crippen LogP contribution < -0.4 is 5.32 Å². The van der Waals surface area contributed by atoms with E-state index >= 15 is 0 Å². The maximum absolute atomic E-state index is 13.3. The summed E-state index contributed by atoms with van der Waals surface area (Å²) in [5.74, 6) is -0.0759. The number of hydrogen-bond acceptors (Lipinski definition) is 4. The van der Waals surface area contributed by atoms with Gasteiger partial charge in [-0.05, 0) is 62.8 Å². The van der Waals surface area contributed by atoms with Gasteiger partial charge in [-0.2, -0.15) is 15.4 Å². The number of H-pyrrole nitrogens is 1. The number of aromatic amines is 1. The van der Waals surface area contributed by atoms with E-state index in [0.29, 0.717) is 5.82 Å². The lowest BCUT2D eigenvalue weighted by atomic mass is 9.89. The molecule has 1 aromatic carbocycles. The Balaban J connectivity index is 1.46. The lowest BCUT2D eigenvalue weighted by Crippen LogP contribution is -2.25. The minimum atomic E-state index is -0.305. The number of benzene rings is 1. The third-order valence-electron chi connectivity index (χ3n) is 5.45. The molecule has 2 aliphatic rings. The predicted molar refractivity (Wildman–Crippen MR) is 96.2 cm³/mol. The molecule has 0 radical (unpaired) electrons. The Morgan fingerprint density at radius 3 is 2.85 bits per heavy atom. The summed E-state index contributed by atoms with van der Waals surface area (Å²) in [6.07, 6.45) is 5.32. The van der Waals surface area contributed by atoms with Gasteiger partial charge in [-0.25, -0.2) is 9.07 Å². The van der Waals surface area contributed by atoms with Crippen molar-refractivity contribution in [3.63, 3.8) is 0 Å². The van der Waals surface area contributed by atoms with Gasteiger partial charge in [-0.3, -0.25) is 4.79 Å². The zero-order valence-corrected chi connectivity index (χ0v) is 14.7. The van der Waals surface area contributed by atoms with Crippen LogP contribution in [0.25, 0.3) is 5.69 Å². The fourth-order valence-electron chi connectivity index (χ4n) is 4.13. The molecule has 0 spiro atoms. The van der Waals surface area contributed by atoms with Gasteiger partial charge in [0.25, 0.3) is 0 Å². The van der Waals surface area contributed by atoms with Crippen LogP contribution in [-0.4, -0.2) is 31.1 Å². The number of rotatable bonds is 3. The monoisotopic (exact) mass is 366 g/mol. The van der Waals surface area contributed by atoms with Gasteiger partial charge in [0.15, 0.2) is 5.82 Å². The highest BCUT2D eigenvalue weighted by Crippen LogP contribution is 2.33. The van der Waals surface area contributed by atoms with E-state index in [4.69, 9.17) is 0 Å². The summed E-state index contributed by atoms with van der Waals surface area (Å²) in [4.78, 5) is 12.9. The van der Waals surface area contributed by atoms with E-state index in [2.05, 4.69) is 25.8 Å². The molecule has 2 heterocycles. The number of carbonyl (C=O) groups is 1. The maximum atomic E-state index is 13.3. The average Bonchev–Trinajstić information content (AvgIpc) is 3.39. The van der Waals surface area contributed by atoms with Crippen molar-refractivity contribution < 1.29 is 9.18 Å². The van der Waals surface area contributed by atoms with Crippen molar-refractivity contribution in [1.82, 2.24) is 25.2 Å². The van der Waals surface area contributed by atoms with Crippen molar-refractivity contribution in [3.8, 4) is 5.69 Å². The number of hydrogen-bond donors (Lipinski definition) is 2. The highest BCUT2D eigenvalue weighted by molar-refractivity contribution is 5.95. The van der Waals surface area contributed by atoms with Crippen LogP contribution in [0.4, 0.5) is 10.2 Å². The highest BCUT2D eigenvalue weighted by atomic mass is 19.1. The molecule has 0 saturated heterocycles. The number of carbonyl (C=O) groups excluding carboxylic acids is 1. The highest BCUT2D eigenvalue weighted by Gasteiger charge is 2.32. The van der Waals surface area contributed by atoms with E-state index in [1.54, 1.807) is 12.1 Å². The summed E-state index contributed by atoms with van der Waals surface area (Å²) in [5, 5.41) is 18.6. The molecule has 5 rings (SSSR count). The van der Waals surface area contributed by atoms with E-state index in [1.807, 2.05) is 4.68 Å². The average molecular weight is 366 g/mol. The smallest absolute Gasteiger partial charge is 0.234 e. The van der Waals surface area contributed by atoms with Crippen LogP contribution in [0.2, 0.25) is 0 Å². The Kier molecular flexibility index (Phi) is 3.77. The molecule has 2 aromatic heterocycles. The maximum Gasteiger partial charge on any atom is 0.234 e. The number of anilines is 1. The van der Waals surface area contributed by atoms with Gasteiger partial charge < -0.3 is 5.32 Å². The number of nitrogens with zero attached hydrogens (tertiary/aromatic N) is 4. The molecule has 2 aliphatic carbocycles. The summed E-state index contributed by atoms with van der Waals surface area (Å²) in [5.41, 5.74) is 4.58. The Hall–Kier alpha value is -3.03. The van der Waals surface area contributed by atoms with Gasteiger partial charge in [-0.1, -0.05) is 0 Å². The topological polar surface area (TPSA) is 88.5 Å². The van der Waals surface area contributed by atoms with Crippen LogP contribution >= 0.6 is 0 Å². The van der Waals surface area contributed by atoms with E-state index < -0.39 is 0 Å². The normalized spacial score (nSPS) is 18.2. The molecule has 1 amide bonds. The number of nitrogens with one attached hydrogen (secondary N) is 2. The van der Waals surface area contributed by atoms with Crippen LogP contribution in [0.3, 0.4) is 0 Å². The minimum Gasteiger partial charge on any atom is -0.308 e. The number of halogens is 1. The number of fused-ring (bicyclic) bond motifs is 2. The quantitative estimate of drug-likeness (QED) is 0.746. The Bertz CT molecular complexity index is 1010. The zero-order valence-electron chi connectivity index (χ0n) is 14.7. The van der Waals surface area contributed by atoms with Gasteiger partial charge in [0, 0.05) is 11.3 Å². The van der Waals surface area contributed by atoms with Crippen molar-refractivity contribution in [1.29, 1.82) is 0 Å². The molecule has 3 aromatic rings. The minimum absolute atomic E-state index is 0.0942. The van der Waals surface area contributed by atoms with Gasteiger partial charge in [-0.15, -0.1) is 5.10 Å². The second-order valence-corrected chi connectivity index (χ2v) is 7.11. The largest absolute Gasteiger partial charge is 0.308 e. The Morgan fingerprint density at radius 2 is 2.00 bits per heavy atom. The summed E-state index contributed by atoms with van der Waals surface area (Å²) in [6, 6.07) is 6.25. The summed E-state index contributed by atoms with van der Waals surface area (Å²) in [7, 11) is 0. The number of aromatic nitrogens is 5. The van der Waals surface area contributed by atoms with Crippen LogP contribution in [0, 0.1) is 5.82 Å². The first-order chi connectivity index (χ1) is 13.2. The van der Waals surface area contributed by atoms with Crippen molar-refractivity contribution in [2.24, 2.45) is 0 Å². The molecule has 1 atom stereocenters. The van der Waals surface area contributed by atoms with Gasteiger partial charge >= 0.3 is 0 Å². The summed E-state index contributed by atoms with van der Waals surface area (Å²) < 4.78 is 15.1. The Labute approximate surface area is 155 Å². The van der Waals surface area contributed by atoms with Gasteiger partial charge in [0.05, 0.1) is 23.0 Å². The summed E-state index contributed by atoms with van der Waals surface area (Å²) in [6.45, 7) is 0. The molecule has 1 unspecified atom stereocenters. The molecule has 138 valence electrons. The fourth-order valence-corrected chi connectivity index (χ4v) is 4.13. The number of amides is 1. The lowest BCUT2D eigenvalue weighted by molar-refractivity contribution is -0.118. The van der Waals surface area contributed by atoms with Crippen molar-refractivity contribution >= 4 is 11.7 Å². The van der Waals surface area contributed by atoms with E-state index in [1.165, 1.54) is 12.1 Å². The van der Waals surface area contributed by atoms with Gasteiger partial charge in [0.1, 0.15) is 5.82 Å². The molecule has 0 bridgehead atoms. The van der Waals surface area contributed by atoms with Crippen LogP contribution in [-0.2, 0) is 24.1 Å². The van der Waals surface area contributed by atoms with Crippen molar-refractivity contribution in [2.45, 2.75) is 44.4 Å². The van der Waals surface area contributed by atoms with E-state index in [0.717, 1.165) is 66.9 Å². The third-order valence-corrected chi connectivity index (χ3v) is 5.45. The zero-order chi connectivity index (χ0) is 18.4. The van der Waals surface area contributed by atoms with Crippen LogP contribution in [0.15, 0.2) is 24.3 Å². The molecular weight excluding hydrogens is 347 g/mol. The van der Waals surface area contributed by atoms with Crippen LogP contribution in [0.5, 0.6) is 0 Å². The van der Waals surface area contributed by atoms with Crippen molar-refractivity contribution in [2.75, 3.05) is 5.32 Å².